The van der Waals surface area contributed by atoms with Gasteiger partial charge in [0.25, 0.3) is 5.91 Å². The molecule has 0 bridgehead atoms. The summed E-state index contributed by atoms with van der Waals surface area (Å²) in [5.41, 5.74) is 1.08. The number of rotatable bonds is 19. The summed E-state index contributed by atoms with van der Waals surface area (Å²) in [6.07, 6.45) is 1.35. The van der Waals surface area contributed by atoms with E-state index < -0.39 is 62.4 Å². The van der Waals surface area contributed by atoms with Gasteiger partial charge in [0.1, 0.15) is 16.7 Å². The Kier molecular flexibility index (Phi) is 17.7. The molecule has 0 radical (unpaired) electrons. The second-order valence-electron chi connectivity index (χ2n) is 18.3. The first-order chi connectivity index (χ1) is 26.9. The van der Waals surface area contributed by atoms with Crippen LogP contribution >= 0.6 is 11.3 Å². The van der Waals surface area contributed by atoms with E-state index in [1.54, 1.807) is 24.3 Å². The number of piperidine rings is 1. The largest absolute Gasteiger partial charge is 0.481 e. The Hall–Kier alpha value is -3.66. The zero-order chi connectivity index (χ0) is 43.7. The number of nitrogens with zero attached hydrogens (tertiary/aromatic N) is 3. The fourth-order valence-electron chi connectivity index (χ4n) is 7.12. The number of carboxylic acid groups (broad SMARTS) is 1. The molecule has 58 heavy (non-hydrogen) atoms. The zero-order valence-corrected chi connectivity index (χ0v) is 38.8. The van der Waals surface area contributed by atoms with E-state index in [9.17, 15) is 29.1 Å². The summed E-state index contributed by atoms with van der Waals surface area (Å²) in [5.74, 6) is -3.38. The maximum atomic E-state index is 14.3. The molecule has 3 amide bonds. The van der Waals surface area contributed by atoms with Crippen molar-refractivity contribution in [3.8, 4) is 0 Å². The third kappa shape index (κ3) is 13.7. The van der Waals surface area contributed by atoms with Gasteiger partial charge in [-0.05, 0) is 68.3 Å². The molecule has 1 aromatic heterocycles. The van der Waals surface area contributed by atoms with Gasteiger partial charge in [-0.2, -0.15) is 0 Å². The number of carboxylic acids is 1. The van der Waals surface area contributed by atoms with E-state index in [1.165, 1.54) is 18.3 Å². The van der Waals surface area contributed by atoms with Gasteiger partial charge in [0, 0.05) is 50.5 Å². The molecule has 1 aliphatic rings. The molecule has 0 spiro atoms. The summed E-state index contributed by atoms with van der Waals surface area (Å²) < 4.78 is 12.5. The molecule has 1 aromatic carbocycles. The summed E-state index contributed by atoms with van der Waals surface area (Å²) in [7, 11) is 1.59. The van der Waals surface area contributed by atoms with Crippen molar-refractivity contribution < 1.29 is 38.2 Å². The van der Waals surface area contributed by atoms with Gasteiger partial charge in [-0.25, -0.2) is 4.98 Å². The number of aliphatic carboxylic acids is 1. The number of amides is 3. The van der Waals surface area contributed by atoms with Crippen LogP contribution in [0.2, 0.25) is 18.1 Å². The number of aromatic nitrogens is 1. The van der Waals surface area contributed by atoms with Gasteiger partial charge in [-0.1, -0.05) is 85.7 Å². The molecule has 15 heteroatoms. The smallest absolute Gasteiger partial charge is 0.306 e. The third-order valence-electron chi connectivity index (χ3n) is 11.8. The van der Waals surface area contributed by atoms with E-state index in [2.05, 4.69) is 49.5 Å². The highest BCUT2D eigenvalue weighted by Crippen LogP contribution is 2.39. The van der Waals surface area contributed by atoms with Crippen LogP contribution in [0.4, 0.5) is 0 Å². The Morgan fingerprint density at radius 2 is 1.66 bits per heavy atom. The van der Waals surface area contributed by atoms with Crippen molar-refractivity contribution >= 4 is 49.3 Å². The molecule has 1 unspecified atom stereocenters. The van der Waals surface area contributed by atoms with E-state index in [0.717, 1.165) is 12.0 Å². The van der Waals surface area contributed by atoms with Crippen molar-refractivity contribution in [2.24, 2.45) is 17.8 Å². The molecular formula is C43H69N5O8SSi. The first-order valence-electron chi connectivity index (χ1n) is 20.6. The summed E-state index contributed by atoms with van der Waals surface area (Å²) in [5, 5.41) is 17.7. The Morgan fingerprint density at radius 3 is 2.21 bits per heavy atom. The van der Waals surface area contributed by atoms with E-state index in [0.29, 0.717) is 24.4 Å². The van der Waals surface area contributed by atoms with Crippen molar-refractivity contribution in [2.75, 3.05) is 20.6 Å². The molecule has 2 heterocycles. The molecule has 1 saturated heterocycles. The quantitative estimate of drug-likeness (QED) is 0.102. The summed E-state index contributed by atoms with van der Waals surface area (Å²) >= 11 is 1.18. The van der Waals surface area contributed by atoms with Crippen LogP contribution in [0.25, 0.3) is 0 Å². The summed E-state index contributed by atoms with van der Waals surface area (Å²) in [6.45, 7) is 22.5. The molecular weight excluding hydrogens is 775 g/mol. The molecule has 3 N–H and O–H groups in total. The molecule has 0 aliphatic carbocycles. The highest BCUT2D eigenvalue weighted by atomic mass is 32.1. The second-order valence-corrected chi connectivity index (χ2v) is 23.9. The summed E-state index contributed by atoms with van der Waals surface area (Å²) in [6, 6.07) is 7.39. The SMILES string of the molecule is CC(=O)O[C@H](C[C@@H](C(C)C)N(C)C(=O)[C@@H](NC(=O)C1C[C@H](O[Si](C)(C)C(C)(C)C)CCN1C)C(C)C)c1nc(C(=O)N[C@H](Cc2ccccc2)C[C@H](C)C(=O)O)cs1. The molecule has 1 fully saturated rings. The van der Waals surface area contributed by atoms with Gasteiger partial charge in [0.15, 0.2) is 14.4 Å². The van der Waals surface area contributed by atoms with Gasteiger partial charge in [-0.3, -0.25) is 28.9 Å². The highest BCUT2D eigenvalue weighted by molar-refractivity contribution is 7.09. The standard InChI is InChI=1S/C43H69N5O8SSi/c1-26(2)34(48(11)41(52)37(27(3)4)46-39(51)35-23-32(19-20-47(35)10)56-58(12,13)43(7,8)9)24-36(55-29(6)49)40-45-33(25-57-40)38(50)44-31(21-28(5)42(53)54)22-30-17-15-14-16-18-30/h14-18,25-28,31-32,34-37H,19-24H2,1-13H3,(H,44,50)(H,46,51)(H,53,54)/t28-,31-,32+,34-,35?,36+,37-/m0/s1. The van der Waals surface area contributed by atoms with Crippen molar-refractivity contribution in [2.45, 2.75) is 149 Å². The Labute approximate surface area is 351 Å². The Balaban J connectivity index is 1.79. The van der Waals surface area contributed by atoms with E-state index in [1.807, 2.05) is 70.0 Å². The number of nitrogens with one attached hydrogen (secondary N) is 2. The van der Waals surface area contributed by atoms with Crippen LogP contribution in [0.1, 0.15) is 115 Å². The number of benzene rings is 1. The lowest BCUT2D eigenvalue weighted by atomic mass is 9.93. The third-order valence-corrected chi connectivity index (χ3v) is 17.2. The molecule has 324 valence electrons. The normalized spacial score (nSPS) is 19.2. The molecule has 1 aliphatic heterocycles. The number of carbonyl (C=O) groups excluding carboxylic acids is 4. The van der Waals surface area contributed by atoms with Crippen LogP contribution < -0.4 is 10.6 Å². The van der Waals surface area contributed by atoms with Gasteiger partial charge < -0.3 is 29.8 Å². The fourth-order valence-corrected chi connectivity index (χ4v) is 9.36. The van der Waals surface area contributed by atoms with Crippen molar-refractivity contribution in [1.29, 1.82) is 0 Å². The van der Waals surface area contributed by atoms with Gasteiger partial charge >= 0.3 is 11.9 Å². The average molecular weight is 844 g/mol. The van der Waals surface area contributed by atoms with Crippen molar-refractivity contribution in [1.82, 2.24) is 25.4 Å². The second kappa shape index (κ2) is 21.0. The Bertz CT molecular complexity index is 1700. The van der Waals surface area contributed by atoms with Crippen LogP contribution in [-0.4, -0.2) is 109 Å². The molecule has 3 rings (SSSR count). The first-order valence-corrected chi connectivity index (χ1v) is 24.4. The molecule has 13 nitrogen and oxygen atoms in total. The van der Waals surface area contributed by atoms with Crippen molar-refractivity contribution in [3.63, 3.8) is 0 Å². The first kappa shape index (κ1) is 48.7. The molecule has 7 atom stereocenters. The van der Waals surface area contributed by atoms with Crippen LogP contribution in [-0.2, 0) is 34.8 Å². The zero-order valence-electron chi connectivity index (χ0n) is 37.0. The van der Waals surface area contributed by atoms with E-state index >= 15 is 0 Å². The van der Waals surface area contributed by atoms with Crippen LogP contribution in [0.3, 0.4) is 0 Å². The number of carbonyl (C=O) groups is 5. The van der Waals surface area contributed by atoms with Crippen LogP contribution in [0.15, 0.2) is 35.7 Å². The number of thiazole rings is 1. The number of esters is 1. The minimum Gasteiger partial charge on any atom is -0.481 e. The number of likely N-dealkylation sites (tertiary alicyclic amines) is 1. The maximum absolute atomic E-state index is 14.3. The van der Waals surface area contributed by atoms with Gasteiger partial charge in [0.05, 0.1) is 12.0 Å². The minimum absolute atomic E-state index is 0.0407. The fraction of sp³-hybridized carbons (Fsp3) is 0.674. The predicted molar refractivity (Wildman–Crippen MR) is 230 cm³/mol. The highest BCUT2D eigenvalue weighted by Gasteiger charge is 2.43. The predicted octanol–water partition coefficient (Wildman–Crippen LogP) is 6.70. The lowest BCUT2D eigenvalue weighted by molar-refractivity contribution is -0.149. The monoisotopic (exact) mass is 843 g/mol. The minimum atomic E-state index is -2.05. The Morgan fingerprint density at radius 1 is 1.02 bits per heavy atom. The number of likely N-dealkylation sites (N-methyl/N-ethyl adjacent to an activating group) is 2. The van der Waals surface area contributed by atoms with Crippen LogP contribution in [0.5, 0.6) is 0 Å². The number of hydrogen-bond donors (Lipinski definition) is 3. The molecule has 2 aromatic rings. The van der Waals surface area contributed by atoms with E-state index in [-0.39, 0.29) is 53.3 Å². The number of hydrogen-bond acceptors (Lipinski definition) is 10. The summed E-state index contributed by atoms with van der Waals surface area (Å²) in [4.78, 5) is 74.2. The lowest BCUT2D eigenvalue weighted by Gasteiger charge is -2.43. The van der Waals surface area contributed by atoms with Crippen LogP contribution in [0, 0.1) is 17.8 Å². The molecule has 0 saturated carbocycles. The number of ether oxygens (including phenoxy) is 1. The van der Waals surface area contributed by atoms with Crippen molar-refractivity contribution in [3.05, 3.63) is 52.0 Å². The van der Waals surface area contributed by atoms with Gasteiger partial charge in [-0.15, -0.1) is 11.3 Å². The maximum Gasteiger partial charge on any atom is 0.306 e. The average Bonchev–Trinajstić information content (AvgIpc) is 3.62. The topological polar surface area (TPSA) is 167 Å². The van der Waals surface area contributed by atoms with E-state index in [4.69, 9.17) is 9.16 Å². The lowest BCUT2D eigenvalue weighted by Crippen LogP contribution is -2.59. The van der Waals surface area contributed by atoms with Gasteiger partial charge in [0.2, 0.25) is 11.8 Å².